The van der Waals surface area contributed by atoms with Gasteiger partial charge in [0.25, 0.3) is 0 Å². The van der Waals surface area contributed by atoms with Gasteiger partial charge in [-0.3, -0.25) is 0 Å². The molecule has 1 rings (SSSR count). The molecule has 0 atom stereocenters. The van der Waals surface area contributed by atoms with Crippen LogP contribution in [0.3, 0.4) is 0 Å². The lowest BCUT2D eigenvalue weighted by molar-refractivity contribution is 0.407. The second-order valence-corrected chi connectivity index (χ2v) is 2.85. The SMILES string of the molecule is CCC=C(CC)Oc1ccccc1. The number of ether oxygens (including phenoxy) is 1. The molecular weight excluding hydrogens is 160 g/mol. The van der Waals surface area contributed by atoms with Crippen LogP contribution in [0.1, 0.15) is 26.7 Å². The molecule has 1 aromatic carbocycles. The van der Waals surface area contributed by atoms with Crippen molar-refractivity contribution in [2.24, 2.45) is 0 Å². The van der Waals surface area contributed by atoms with E-state index in [1.165, 1.54) is 0 Å². The summed E-state index contributed by atoms with van der Waals surface area (Å²) in [7, 11) is 0. The quantitative estimate of drug-likeness (QED) is 0.634. The molecule has 0 aliphatic rings. The Kier molecular flexibility index (Phi) is 4.10. The molecule has 0 bridgehead atoms. The summed E-state index contributed by atoms with van der Waals surface area (Å²) in [6.07, 6.45) is 4.09. The van der Waals surface area contributed by atoms with Gasteiger partial charge in [-0.05, 0) is 24.6 Å². The van der Waals surface area contributed by atoms with Crippen molar-refractivity contribution in [1.82, 2.24) is 0 Å². The molecule has 0 spiro atoms. The van der Waals surface area contributed by atoms with Gasteiger partial charge in [-0.15, -0.1) is 0 Å². The van der Waals surface area contributed by atoms with E-state index in [9.17, 15) is 0 Å². The van der Waals surface area contributed by atoms with Gasteiger partial charge < -0.3 is 4.74 Å². The van der Waals surface area contributed by atoms with E-state index < -0.39 is 0 Å². The molecule has 0 aliphatic carbocycles. The van der Waals surface area contributed by atoms with Crippen LogP contribution < -0.4 is 4.74 Å². The highest BCUT2D eigenvalue weighted by Crippen LogP contribution is 2.14. The number of rotatable bonds is 4. The standard InChI is InChI=1S/C12H16O/c1-3-8-11(4-2)13-12-9-6-5-7-10-12/h5-10H,3-4H2,1-2H3. The van der Waals surface area contributed by atoms with E-state index in [1.54, 1.807) is 0 Å². The van der Waals surface area contributed by atoms with Crippen LogP contribution in [0.4, 0.5) is 0 Å². The van der Waals surface area contributed by atoms with Gasteiger partial charge in [0.05, 0.1) is 5.76 Å². The Bertz CT molecular complexity index is 262. The van der Waals surface area contributed by atoms with Crippen LogP contribution in [0.15, 0.2) is 42.2 Å². The minimum Gasteiger partial charge on any atom is -0.462 e. The average molecular weight is 176 g/mol. The molecule has 13 heavy (non-hydrogen) atoms. The summed E-state index contributed by atoms with van der Waals surface area (Å²) in [5.74, 6) is 1.97. The van der Waals surface area contributed by atoms with Crippen molar-refractivity contribution in [2.75, 3.05) is 0 Å². The molecular formula is C12H16O. The van der Waals surface area contributed by atoms with Crippen molar-refractivity contribution in [2.45, 2.75) is 26.7 Å². The highest BCUT2D eigenvalue weighted by molar-refractivity contribution is 5.23. The molecule has 0 radical (unpaired) electrons. The number of hydrogen-bond acceptors (Lipinski definition) is 1. The van der Waals surface area contributed by atoms with Gasteiger partial charge in [0.15, 0.2) is 0 Å². The fourth-order valence-corrected chi connectivity index (χ4v) is 1.13. The third-order valence-electron chi connectivity index (χ3n) is 1.77. The summed E-state index contributed by atoms with van der Waals surface area (Å²) in [6, 6.07) is 9.89. The van der Waals surface area contributed by atoms with Gasteiger partial charge in [-0.2, -0.15) is 0 Å². The first-order chi connectivity index (χ1) is 6.36. The van der Waals surface area contributed by atoms with Crippen molar-refractivity contribution in [3.63, 3.8) is 0 Å². The molecule has 1 heteroatoms. The van der Waals surface area contributed by atoms with E-state index in [0.717, 1.165) is 24.4 Å². The molecule has 0 fully saturated rings. The summed E-state index contributed by atoms with van der Waals surface area (Å²) >= 11 is 0. The molecule has 0 amide bonds. The summed E-state index contributed by atoms with van der Waals surface area (Å²) in [4.78, 5) is 0. The first kappa shape index (κ1) is 9.85. The van der Waals surface area contributed by atoms with Crippen LogP contribution in [-0.2, 0) is 0 Å². The van der Waals surface area contributed by atoms with E-state index in [4.69, 9.17) is 4.74 Å². The Balaban J connectivity index is 2.62. The Morgan fingerprint density at radius 2 is 1.92 bits per heavy atom. The zero-order valence-electron chi connectivity index (χ0n) is 8.29. The van der Waals surface area contributed by atoms with E-state index >= 15 is 0 Å². The van der Waals surface area contributed by atoms with Crippen molar-refractivity contribution < 1.29 is 4.74 Å². The van der Waals surface area contributed by atoms with Gasteiger partial charge in [-0.1, -0.05) is 32.0 Å². The van der Waals surface area contributed by atoms with Crippen molar-refractivity contribution in [3.8, 4) is 5.75 Å². The third-order valence-corrected chi connectivity index (χ3v) is 1.77. The van der Waals surface area contributed by atoms with Gasteiger partial charge >= 0.3 is 0 Å². The molecule has 0 unspecified atom stereocenters. The number of para-hydroxylation sites is 1. The molecule has 70 valence electrons. The van der Waals surface area contributed by atoms with Crippen LogP contribution in [0.5, 0.6) is 5.75 Å². The number of allylic oxidation sites excluding steroid dienone is 2. The molecule has 0 N–H and O–H groups in total. The van der Waals surface area contributed by atoms with Crippen LogP contribution >= 0.6 is 0 Å². The largest absolute Gasteiger partial charge is 0.462 e. The molecule has 0 saturated carbocycles. The minimum absolute atomic E-state index is 0.920. The lowest BCUT2D eigenvalue weighted by Gasteiger charge is -2.07. The van der Waals surface area contributed by atoms with Crippen molar-refractivity contribution >= 4 is 0 Å². The maximum absolute atomic E-state index is 5.67. The Labute approximate surface area is 80.0 Å². The smallest absolute Gasteiger partial charge is 0.126 e. The third kappa shape index (κ3) is 3.32. The van der Waals surface area contributed by atoms with E-state index in [1.807, 2.05) is 30.3 Å². The lowest BCUT2D eigenvalue weighted by atomic mass is 10.3. The maximum atomic E-state index is 5.67. The van der Waals surface area contributed by atoms with E-state index in [0.29, 0.717) is 0 Å². The fourth-order valence-electron chi connectivity index (χ4n) is 1.13. The normalized spacial score (nSPS) is 11.4. The van der Waals surface area contributed by atoms with Gasteiger partial charge in [0.1, 0.15) is 5.75 Å². The van der Waals surface area contributed by atoms with Gasteiger partial charge in [0, 0.05) is 6.42 Å². The van der Waals surface area contributed by atoms with Crippen LogP contribution in [0.2, 0.25) is 0 Å². The number of hydrogen-bond donors (Lipinski definition) is 0. The second-order valence-electron chi connectivity index (χ2n) is 2.85. The molecule has 0 heterocycles. The monoisotopic (exact) mass is 176 g/mol. The summed E-state index contributed by atoms with van der Waals surface area (Å²) < 4.78 is 5.67. The van der Waals surface area contributed by atoms with E-state index in [-0.39, 0.29) is 0 Å². The first-order valence-electron chi connectivity index (χ1n) is 4.78. The summed E-state index contributed by atoms with van der Waals surface area (Å²) in [5, 5.41) is 0. The van der Waals surface area contributed by atoms with Crippen LogP contribution in [0, 0.1) is 0 Å². The molecule has 0 saturated heterocycles. The summed E-state index contributed by atoms with van der Waals surface area (Å²) in [5.41, 5.74) is 0. The van der Waals surface area contributed by atoms with Crippen LogP contribution in [-0.4, -0.2) is 0 Å². The van der Waals surface area contributed by atoms with Crippen LogP contribution in [0.25, 0.3) is 0 Å². The maximum Gasteiger partial charge on any atom is 0.126 e. The van der Waals surface area contributed by atoms with Gasteiger partial charge in [0.2, 0.25) is 0 Å². The zero-order valence-corrected chi connectivity index (χ0v) is 8.29. The second kappa shape index (κ2) is 5.41. The lowest BCUT2D eigenvalue weighted by Crippen LogP contribution is -1.93. The molecule has 0 aromatic heterocycles. The Morgan fingerprint density at radius 3 is 2.46 bits per heavy atom. The molecule has 1 aromatic rings. The van der Waals surface area contributed by atoms with E-state index in [2.05, 4.69) is 19.9 Å². The predicted octanol–water partition coefficient (Wildman–Crippen LogP) is 3.77. The number of benzene rings is 1. The highest BCUT2D eigenvalue weighted by atomic mass is 16.5. The van der Waals surface area contributed by atoms with Crippen molar-refractivity contribution in [3.05, 3.63) is 42.2 Å². The molecule has 0 aliphatic heterocycles. The Morgan fingerprint density at radius 1 is 1.23 bits per heavy atom. The first-order valence-corrected chi connectivity index (χ1v) is 4.78. The zero-order chi connectivity index (χ0) is 9.52. The molecule has 1 nitrogen and oxygen atoms in total. The fraction of sp³-hybridized carbons (Fsp3) is 0.333. The predicted molar refractivity (Wildman–Crippen MR) is 55.7 cm³/mol. The Hall–Kier alpha value is -1.24. The van der Waals surface area contributed by atoms with Crippen molar-refractivity contribution in [1.29, 1.82) is 0 Å². The average Bonchev–Trinajstić information content (AvgIpc) is 2.19. The summed E-state index contributed by atoms with van der Waals surface area (Å²) in [6.45, 7) is 4.22. The highest BCUT2D eigenvalue weighted by Gasteiger charge is 1.95. The minimum atomic E-state index is 0.920. The van der Waals surface area contributed by atoms with Gasteiger partial charge in [-0.25, -0.2) is 0 Å². The topological polar surface area (TPSA) is 9.23 Å².